The van der Waals surface area contributed by atoms with Crippen LogP contribution in [0.5, 0.6) is 0 Å². The summed E-state index contributed by atoms with van der Waals surface area (Å²) < 4.78 is 23.7. The number of benzene rings is 2. The van der Waals surface area contributed by atoms with E-state index in [9.17, 15) is 8.42 Å². The number of hydrogen-bond donors (Lipinski definition) is 1. The van der Waals surface area contributed by atoms with Crippen LogP contribution in [0, 0.1) is 0 Å². The van der Waals surface area contributed by atoms with Gasteiger partial charge in [0.05, 0.1) is 20.5 Å². The predicted octanol–water partition coefficient (Wildman–Crippen LogP) is 4.31. The third-order valence-corrected chi connectivity index (χ3v) is 6.37. The quantitative estimate of drug-likeness (QED) is 0.697. The highest BCUT2D eigenvalue weighted by Crippen LogP contribution is 2.44. The summed E-state index contributed by atoms with van der Waals surface area (Å²) in [6, 6.07) is 10.7. The monoisotopic (exact) mass is 407 g/mol. The van der Waals surface area contributed by atoms with Crippen LogP contribution in [-0.4, -0.2) is 30.7 Å². The van der Waals surface area contributed by atoms with Gasteiger partial charge in [-0.2, -0.15) is 0 Å². The Hall–Kier alpha value is -1.89. The van der Waals surface area contributed by atoms with Crippen LogP contribution >= 0.6 is 23.2 Å². The molecule has 3 aromatic rings. The highest BCUT2D eigenvalue weighted by Gasteiger charge is 2.39. The lowest BCUT2D eigenvalue weighted by Crippen LogP contribution is -2.07. The molecular weight excluding hydrogens is 393 g/mol. The first kappa shape index (κ1) is 17.5. The molecule has 2 atom stereocenters. The van der Waals surface area contributed by atoms with Crippen LogP contribution in [0.1, 0.15) is 17.9 Å². The molecule has 2 aromatic carbocycles. The van der Waals surface area contributed by atoms with Crippen LogP contribution in [0.3, 0.4) is 0 Å². The largest absolute Gasteiger partial charge is 0.366 e. The van der Waals surface area contributed by atoms with Crippen LogP contribution in [0.2, 0.25) is 10.0 Å². The molecule has 134 valence electrons. The van der Waals surface area contributed by atoms with Gasteiger partial charge >= 0.3 is 0 Å². The molecule has 0 aliphatic heterocycles. The van der Waals surface area contributed by atoms with Gasteiger partial charge in [0, 0.05) is 23.6 Å². The number of aromatic nitrogens is 2. The van der Waals surface area contributed by atoms with E-state index in [0.717, 1.165) is 12.0 Å². The van der Waals surface area contributed by atoms with Crippen LogP contribution < -0.4 is 5.32 Å². The van der Waals surface area contributed by atoms with Crippen molar-refractivity contribution in [2.24, 2.45) is 0 Å². The van der Waals surface area contributed by atoms with Gasteiger partial charge in [0.15, 0.2) is 9.84 Å². The molecule has 0 spiro atoms. The number of anilines is 1. The van der Waals surface area contributed by atoms with Crippen LogP contribution in [0.4, 0.5) is 5.82 Å². The van der Waals surface area contributed by atoms with E-state index >= 15 is 0 Å². The van der Waals surface area contributed by atoms with E-state index in [1.165, 1.54) is 12.6 Å². The summed E-state index contributed by atoms with van der Waals surface area (Å²) in [7, 11) is -3.30. The summed E-state index contributed by atoms with van der Waals surface area (Å²) in [5.41, 5.74) is 1.81. The van der Waals surface area contributed by atoms with Crippen molar-refractivity contribution < 1.29 is 8.42 Å². The minimum Gasteiger partial charge on any atom is -0.366 e. The summed E-state index contributed by atoms with van der Waals surface area (Å²) in [5, 5.41) is 5.17. The molecule has 26 heavy (non-hydrogen) atoms. The number of rotatable bonds is 4. The van der Waals surface area contributed by atoms with E-state index in [1.54, 1.807) is 24.3 Å². The van der Waals surface area contributed by atoms with Crippen molar-refractivity contribution in [3.05, 3.63) is 58.3 Å². The SMILES string of the molecule is CS(=O)(=O)c1ccc2ncnc(NC3CC3c3ccc(Cl)c(Cl)c3)c2c1. The zero-order chi connectivity index (χ0) is 18.5. The number of hydrogen-bond acceptors (Lipinski definition) is 5. The molecule has 0 saturated heterocycles. The Morgan fingerprint density at radius 1 is 1.08 bits per heavy atom. The van der Waals surface area contributed by atoms with Crippen LogP contribution in [0.15, 0.2) is 47.6 Å². The molecule has 1 N–H and O–H groups in total. The molecule has 2 unspecified atom stereocenters. The lowest BCUT2D eigenvalue weighted by atomic mass is 10.1. The van der Waals surface area contributed by atoms with Crippen LogP contribution in [-0.2, 0) is 9.84 Å². The highest BCUT2D eigenvalue weighted by atomic mass is 35.5. The fourth-order valence-corrected chi connectivity index (χ4v) is 3.98. The maximum Gasteiger partial charge on any atom is 0.175 e. The second kappa shape index (κ2) is 6.37. The summed E-state index contributed by atoms with van der Waals surface area (Å²) in [4.78, 5) is 8.77. The Kier molecular flexibility index (Phi) is 4.29. The number of fused-ring (bicyclic) bond motifs is 1. The van der Waals surface area contributed by atoms with Gasteiger partial charge < -0.3 is 5.32 Å². The minimum atomic E-state index is -3.30. The lowest BCUT2D eigenvalue weighted by Gasteiger charge is -2.09. The molecule has 1 heterocycles. The van der Waals surface area contributed by atoms with Crippen molar-refractivity contribution in [2.45, 2.75) is 23.3 Å². The molecule has 5 nitrogen and oxygen atoms in total. The van der Waals surface area contributed by atoms with Crippen molar-refractivity contribution in [2.75, 3.05) is 11.6 Å². The molecule has 1 aliphatic rings. The first-order valence-corrected chi connectivity index (χ1v) is 10.6. The van der Waals surface area contributed by atoms with Gasteiger partial charge in [-0.05, 0) is 42.3 Å². The standard InChI is InChI=1S/C18H15Cl2N3O2S/c1-26(24,25)11-3-5-16-13(7-11)18(22-9-21-16)23-17-8-12(17)10-2-4-14(19)15(20)6-10/h2-7,9,12,17H,8H2,1H3,(H,21,22,23). The van der Waals surface area contributed by atoms with E-state index in [2.05, 4.69) is 15.3 Å². The summed E-state index contributed by atoms with van der Waals surface area (Å²) in [5.74, 6) is 0.945. The van der Waals surface area contributed by atoms with Crippen molar-refractivity contribution in [1.82, 2.24) is 9.97 Å². The number of nitrogens with one attached hydrogen (secondary N) is 1. The van der Waals surface area contributed by atoms with Crippen LogP contribution in [0.25, 0.3) is 10.9 Å². The summed E-state index contributed by atoms with van der Waals surface area (Å²) in [6.07, 6.45) is 3.60. The van der Waals surface area contributed by atoms with Gasteiger partial charge in [0.25, 0.3) is 0 Å². The highest BCUT2D eigenvalue weighted by molar-refractivity contribution is 7.90. The Bertz CT molecular complexity index is 1120. The average Bonchev–Trinajstić information content (AvgIpc) is 3.35. The van der Waals surface area contributed by atoms with Gasteiger partial charge in [-0.25, -0.2) is 18.4 Å². The Balaban J connectivity index is 1.63. The minimum absolute atomic E-state index is 0.201. The van der Waals surface area contributed by atoms with Crippen molar-refractivity contribution in [3.63, 3.8) is 0 Å². The molecule has 0 radical (unpaired) electrons. The maximum atomic E-state index is 11.8. The molecule has 1 aliphatic carbocycles. The van der Waals surface area contributed by atoms with Gasteiger partial charge in [-0.3, -0.25) is 0 Å². The first-order chi connectivity index (χ1) is 12.3. The van der Waals surface area contributed by atoms with Crippen molar-refractivity contribution in [3.8, 4) is 0 Å². The normalized spacial score (nSPS) is 19.5. The Morgan fingerprint density at radius 3 is 2.62 bits per heavy atom. The topological polar surface area (TPSA) is 72.0 Å². The van der Waals surface area contributed by atoms with E-state index < -0.39 is 9.84 Å². The second-order valence-electron chi connectivity index (χ2n) is 6.44. The van der Waals surface area contributed by atoms with Gasteiger partial charge in [-0.1, -0.05) is 29.3 Å². The molecule has 8 heteroatoms. The third-order valence-electron chi connectivity index (χ3n) is 4.52. The summed E-state index contributed by atoms with van der Waals surface area (Å²) in [6.45, 7) is 0. The zero-order valence-electron chi connectivity index (χ0n) is 13.8. The molecule has 1 saturated carbocycles. The molecule has 0 amide bonds. The predicted molar refractivity (Wildman–Crippen MR) is 104 cm³/mol. The van der Waals surface area contributed by atoms with Gasteiger partial charge in [0.2, 0.25) is 0 Å². The lowest BCUT2D eigenvalue weighted by molar-refractivity contribution is 0.602. The number of halogens is 2. The Morgan fingerprint density at radius 2 is 1.88 bits per heavy atom. The number of nitrogens with zero attached hydrogens (tertiary/aromatic N) is 2. The first-order valence-electron chi connectivity index (χ1n) is 7.99. The van der Waals surface area contributed by atoms with E-state index in [0.29, 0.717) is 32.7 Å². The summed E-state index contributed by atoms with van der Waals surface area (Å²) >= 11 is 12.1. The fraction of sp³-hybridized carbons (Fsp3) is 0.222. The van der Waals surface area contributed by atoms with E-state index in [1.807, 2.05) is 12.1 Å². The second-order valence-corrected chi connectivity index (χ2v) is 9.27. The molecule has 0 bridgehead atoms. The van der Waals surface area contributed by atoms with Gasteiger partial charge in [-0.15, -0.1) is 0 Å². The Labute approximate surface area is 161 Å². The van der Waals surface area contributed by atoms with E-state index in [4.69, 9.17) is 23.2 Å². The zero-order valence-corrected chi connectivity index (χ0v) is 16.1. The molecule has 1 aromatic heterocycles. The molecule has 4 rings (SSSR count). The number of sulfone groups is 1. The third kappa shape index (κ3) is 3.37. The van der Waals surface area contributed by atoms with Crippen molar-refractivity contribution in [1.29, 1.82) is 0 Å². The average molecular weight is 408 g/mol. The molecular formula is C18H15Cl2N3O2S. The maximum absolute atomic E-state index is 11.8. The van der Waals surface area contributed by atoms with Gasteiger partial charge in [0.1, 0.15) is 12.1 Å². The van der Waals surface area contributed by atoms with Crippen molar-refractivity contribution >= 4 is 49.8 Å². The smallest absolute Gasteiger partial charge is 0.175 e. The fourth-order valence-electron chi connectivity index (χ4n) is 3.02. The molecule has 1 fully saturated rings. The van der Waals surface area contributed by atoms with E-state index in [-0.39, 0.29) is 10.9 Å².